The van der Waals surface area contributed by atoms with Crippen molar-refractivity contribution in [1.82, 2.24) is 9.80 Å². The van der Waals surface area contributed by atoms with E-state index in [0.717, 1.165) is 6.54 Å². The first-order chi connectivity index (χ1) is 10.6. The van der Waals surface area contributed by atoms with Crippen LogP contribution in [0, 0.1) is 11.3 Å². The van der Waals surface area contributed by atoms with Crippen LogP contribution in [0.25, 0.3) is 0 Å². The van der Waals surface area contributed by atoms with Crippen molar-refractivity contribution in [3.05, 3.63) is 24.2 Å². The summed E-state index contributed by atoms with van der Waals surface area (Å²) in [7, 11) is 1.63. The molecule has 1 aromatic heterocycles. The lowest BCUT2D eigenvalue weighted by Crippen LogP contribution is -2.42. The Labute approximate surface area is 128 Å². The molecule has 0 aromatic carbocycles. The van der Waals surface area contributed by atoms with Gasteiger partial charge < -0.3 is 19.2 Å². The highest BCUT2D eigenvalue weighted by Gasteiger charge is 2.58. The van der Waals surface area contributed by atoms with Crippen molar-refractivity contribution in [2.24, 2.45) is 11.3 Å². The number of furan rings is 1. The first-order valence-electron chi connectivity index (χ1n) is 7.33. The number of hydrogen-bond acceptors (Lipinski definition) is 5. The molecule has 0 unspecified atom stereocenters. The molecule has 0 radical (unpaired) electrons. The summed E-state index contributed by atoms with van der Waals surface area (Å²) in [5, 5.41) is 9.73. The van der Waals surface area contributed by atoms with Gasteiger partial charge >= 0.3 is 5.97 Å². The van der Waals surface area contributed by atoms with Crippen molar-refractivity contribution in [2.75, 3.05) is 46.4 Å². The molecule has 1 amide bonds. The minimum Gasteiger partial charge on any atom is -0.481 e. The zero-order chi connectivity index (χ0) is 15.7. The van der Waals surface area contributed by atoms with Crippen molar-refractivity contribution in [3.8, 4) is 0 Å². The van der Waals surface area contributed by atoms with E-state index in [1.54, 1.807) is 18.1 Å². The van der Waals surface area contributed by atoms with E-state index in [1.165, 1.54) is 12.5 Å². The number of hydrogen-bond donors (Lipinski definition) is 1. The van der Waals surface area contributed by atoms with Gasteiger partial charge in [-0.05, 0) is 6.07 Å². The lowest BCUT2D eigenvalue weighted by Gasteiger charge is -2.25. The van der Waals surface area contributed by atoms with E-state index in [9.17, 15) is 14.7 Å². The fourth-order valence-corrected chi connectivity index (χ4v) is 3.59. The summed E-state index contributed by atoms with van der Waals surface area (Å²) in [6.45, 7) is 3.18. The van der Waals surface area contributed by atoms with Crippen molar-refractivity contribution >= 4 is 11.9 Å². The van der Waals surface area contributed by atoms with Crippen LogP contribution in [0.15, 0.2) is 23.0 Å². The average Bonchev–Trinajstić information content (AvgIpc) is 3.18. The predicted octanol–water partition coefficient (Wildman–Crippen LogP) is 0.385. The Morgan fingerprint density at radius 2 is 2.27 bits per heavy atom. The van der Waals surface area contributed by atoms with Crippen LogP contribution in [0.1, 0.15) is 10.4 Å². The second-order valence-corrected chi connectivity index (χ2v) is 6.08. The summed E-state index contributed by atoms with van der Waals surface area (Å²) in [6.07, 6.45) is 2.85. The number of likely N-dealkylation sites (tertiary alicyclic amines) is 2. The Bertz CT molecular complexity index is 558. The molecule has 0 saturated carbocycles. The van der Waals surface area contributed by atoms with Gasteiger partial charge in [0.2, 0.25) is 0 Å². The molecule has 2 aliphatic rings. The first kappa shape index (κ1) is 15.1. The Morgan fingerprint density at radius 3 is 2.86 bits per heavy atom. The molecule has 22 heavy (non-hydrogen) atoms. The first-order valence-corrected chi connectivity index (χ1v) is 7.33. The lowest BCUT2D eigenvalue weighted by atomic mass is 9.81. The maximum Gasteiger partial charge on any atom is 0.313 e. The highest BCUT2D eigenvalue weighted by atomic mass is 16.5. The minimum absolute atomic E-state index is 0.0438. The van der Waals surface area contributed by atoms with E-state index in [2.05, 4.69) is 4.90 Å². The molecule has 0 bridgehead atoms. The van der Waals surface area contributed by atoms with E-state index >= 15 is 0 Å². The van der Waals surface area contributed by atoms with Crippen LogP contribution >= 0.6 is 0 Å². The monoisotopic (exact) mass is 308 g/mol. The van der Waals surface area contributed by atoms with Crippen molar-refractivity contribution in [2.45, 2.75) is 0 Å². The summed E-state index contributed by atoms with van der Waals surface area (Å²) in [6, 6.07) is 1.61. The number of carboxylic acid groups (broad SMARTS) is 1. The summed E-state index contributed by atoms with van der Waals surface area (Å²) in [4.78, 5) is 28.0. The number of aliphatic carboxylic acids is 1. The number of carbonyl (C=O) groups is 2. The molecular formula is C15H20N2O5. The zero-order valence-electron chi connectivity index (χ0n) is 12.5. The van der Waals surface area contributed by atoms with Crippen LogP contribution in [-0.2, 0) is 9.53 Å². The van der Waals surface area contributed by atoms with Gasteiger partial charge in [-0.3, -0.25) is 14.5 Å². The summed E-state index contributed by atoms with van der Waals surface area (Å²) >= 11 is 0. The molecule has 3 heterocycles. The summed E-state index contributed by atoms with van der Waals surface area (Å²) < 4.78 is 10.0. The van der Waals surface area contributed by atoms with Crippen LogP contribution in [0.4, 0.5) is 0 Å². The number of amides is 1. The quantitative estimate of drug-likeness (QED) is 0.847. The topological polar surface area (TPSA) is 83.2 Å². The summed E-state index contributed by atoms with van der Waals surface area (Å²) in [5.74, 6) is -1.02. The summed E-state index contributed by atoms with van der Waals surface area (Å²) in [5.41, 5.74) is -0.399. The Hall–Kier alpha value is -1.86. The molecule has 0 aliphatic carbocycles. The Balaban J connectivity index is 1.74. The van der Waals surface area contributed by atoms with Gasteiger partial charge in [-0.25, -0.2) is 0 Å². The molecule has 2 fully saturated rings. The van der Waals surface area contributed by atoms with E-state index in [-0.39, 0.29) is 18.4 Å². The maximum absolute atomic E-state index is 12.4. The van der Waals surface area contributed by atoms with Crippen LogP contribution in [0.3, 0.4) is 0 Å². The number of carbonyl (C=O) groups excluding carboxylic acids is 1. The molecule has 120 valence electrons. The molecule has 2 aliphatic heterocycles. The van der Waals surface area contributed by atoms with Gasteiger partial charge in [0.05, 0.1) is 18.4 Å². The predicted molar refractivity (Wildman–Crippen MR) is 76.5 cm³/mol. The second kappa shape index (κ2) is 5.73. The third-order valence-corrected chi connectivity index (χ3v) is 4.77. The number of nitrogens with zero attached hydrogens (tertiary/aromatic N) is 2. The normalized spacial score (nSPS) is 28.0. The van der Waals surface area contributed by atoms with Gasteiger partial charge in [0.15, 0.2) is 0 Å². The number of ether oxygens (including phenoxy) is 1. The number of methoxy groups -OCH3 is 1. The molecule has 1 N–H and O–H groups in total. The van der Waals surface area contributed by atoms with Gasteiger partial charge in [-0.1, -0.05) is 0 Å². The second-order valence-electron chi connectivity index (χ2n) is 6.08. The van der Waals surface area contributed by atoms with Gasteiger partial charge in [0.1, 0.15) is 11.7 Å². The van der Waals surface area contributed by atoms with E-state index in [0.29, 0.717) is 31.8 Å². The highest BCUT2D eigenvalue weighted by Crippen LogP contribution is 2.43. The standard InChI is InChI=1S/C15H20N2O5/c1-21-5-3-16-6-12-7-17(10-15(12,9-16)14(19)20)13(18)11-2-4-22-8-11/h2,4,8,12H,3,5-7,9-10H2,1H3,(H,19,20)/t12-,15-/m1/s1. The zero-order valence-corrected chi connectivity index (χ0v) is 12.5. The lowest BCUT2D eigenvalue weighted by molar-refractivity contribution is -0.148. The van der Waals surface area contributed by atoms with Gasteiger partial charge in [-0.15, -0.1) is 0 Å². The highest BCUT2D eigenvalue weighted by molar-refractivity contribution is 5.94. The molecule has 2 atom stereocenters. The van der Waals surface area contributed by atoms with Crippen LogP contribution in [0.2, 0.25) is 0 Å². The molecule has 3 rings (SSSR count). The third-order valence-electron chi connectivity index (χ3n) is 4.77. The van der Waals surface area contributed by atoms with Gasteiger partial charge in [0, 0.05) is 45.8 Å². The van der Waals surface area contributed by atoms with Gasteiger partial charge in [0.25, 0.3) is 5.91 Å². The van der Waals surface area contributed by atoms with Crippen molar-refractivity contribution in [1.29, 1.82) is 0 Å². The number of carboxylic acids is 1. The number of rotatable bonds is 5. The largest absolute Gasteiger partial charge is 0.481 e. The SMILES string of the molecule is COCCN1C[C@@H]2CN(C(=O)c3ccoc3)C[C@]2(C(=O)O)C1. The van der Waals surface area contributed by atoms with Crippen molar-refractivity contribution in [3.63, 3.8) is 0 Å². The van der Waals surface area contributed by atoms with E-state index in [4.69, 9.17) is 9.15 Å². The van der Waals surface area contributed by atoms with Crippen LogP contribution < -0.4 is 0 Å². The van der Waals surface area contributed by atoms with Crippen molar-refractivity contribution < 1.29 is 23.8 Å². The fraction of sp³-hybridized carbons (Fsp3) is 0.600. The average molecular weight is 308 g/mol. The Morgan fingerprint density at radius 1 is 1.45 bits per heavy atom. The van der Waals surface area contributed by atoms with Crippen LogP contribution in [-0.4, -0.2) is 73.2 Å². The molecule has 7 heteroatoms. The van der Waals surface area contributed by atoms with Crippen LogP contribution in [0.5, 0.6) is 0 Å². The minimum atomic E-state index is -0.868. The van der Waals surface area contributed by atoms with Gasteiger partial charge in [-0.2, -0.15) is 0 Å². The van der Waals surface area contributed by atoms with E-state index < -0.39 is 11.4 Å². The maximum atomic E-state index is 12.4. The molecular weight excluding hydrogens is 288 g/mol. The molecule has 2 saturated heterocycles. The number of fused-ring (bicyclic) bond motifs is 1. The third kappa shape index (κ3) is 2.40. The molecule has 7 nitrogen and oxygen atoms in total. The Kier molecular flexibility index (Phi) is 3.92. The smallest absolute Gasteiger partial charge is 0.313 e. The fourth-order valence-electron chi connectivity index (χ4n) is 3.59. The van der Waals surface area contributed by atoms with E-state index in [1.807, 2.05) is 0 Å². The molecule has 0 spiro atoms. The molecule has 1 aromatic rings.